The lowest BCUT2D eigenvalue weighted by molar-refractivity contribution is 0.0131. The lowest BCUT2D eigenvalue weighted by Crippen LogP contribution is -2.57. The average Bonchev–Trinajstić information content (AvgIpc) is 3.10. The lowest BCUT2D eigenvalue weighted by atomic mass is 9.57. The van der Waals surface area contributed by atoms with E-state index in [0.717, 1.165) is 18.0 Å². The van der Waals surface area contributed by atoms with E-state index in [-0.39, 0.29) is 6.61 Å². The number of rotatable bonds is 6. The van der Waals surface area contributed by atoms with E-state index in [9.17, 15) is 0 Å². The summed E-state index contributed by atoms with van der Waals surface area (Å²) >= 11 is 0. The quantitative estimate of drug-likeness (QED) is 0.826. The first-order chi connectivity index (χ1) is 9.09. The van der Waals surface area contributed by atoms with Gasteiger partial charge in [-0.3, -0.25) is 0 Å². The first-order valence-electron chi connectivity index (χ1n) is 7.38. The summed E-state index contributed by atoms with van der Waals surface area (Å²) in [5.41, 5.74) is 1.30. The van der Waals surface area contributed by atoms with E-state index in [1.807, 2.05) is 6.07 Å². The normalized spacial score (nSPS) is 29.2. The van der Waals surface area contributed by atoms with Crippen molar-refractivity contribution in [1.29, 1.82) is 0 Å². The second-order valence-electron chi connectivity index (χ2n) is 6.81. The maximum atomic E-state index is 8.99. The molecule has 0 radical (unpaired) electrons. The molecule has 0 saturated heterocycles. The van der Waals surface area contributed by atoms with Crippen LogP contribution in [0.4, 0.5) is 0 Å². The maximum Gasteiger partial charge on any atom is 0.162 e. The summed E-state index contributed by atoms with van der Waals surface area (Å²) in [6, 6.07) is 2.52. The Morgan fingerprint density at radius 3 is 2.84 bits per heavy atom. The predicted octanol–water partition coefficient (Wildman–Crippen LogP) is 2.12. The molecule has 1 aromatic rings. The van der Waals surface area contributed by atoms with E-state index in [4.69, 9.17) is 9.63 Å². The third-order valence-electron chi connectivity index (χ3n) is 5.04. The van der Waals surface area contributed by atoms with Crippen LogP contribution in [0.5, 0.6) is 0 Å². The van der Waals surface area contributed by atoms with E-state index in [1.165, 1.54) is 25.8 Å². The van der Waals surface area contributed by atoms with Gasteiger partial charge in [0.2, 0.25) is 0 Å². The summed E-state index contributed by atoms with van der Waals surface area (Å²) in [4.78, 5) is 0. The smallest absolute Gasteiger partial charge is 0.162 e. The van der Waals surface area contributed by atoms with Crippen LogP contribution in [-0.4, -0.2) is 22.8 Å². The molecule has 106 valence electrons. The van der Waals surface area contributed by atoms with Gasteiger partial charge in [-0.05, 0) is 49.5 Å². The molecule has 2 atom stereocenters. The number of nitrogens with zero attached hydrogens (tertiary/aromatic N) is 1. The Morgan fingerprint density at radius 2 is 2.26 bits per heavy atom. The van der Waals surface area contributed by atoms with Gasteiger partial charge in [0.15, 0.2) is 5.76 Å². The molecule has 2 aliphatic carbocycles. The molecule has 2 fully saturated rings. The summed E-state index contributed by atoms with van der Waals surface area (Å²) in [6.07, 6.45) is 5.00. The zero-order chi connectivity index (χ0) is 13.5. The minimum absolute atomic E-state index is 0.0629. The standard InChI is InChI=1S/C15H24N2O2/c1-15(2)11(5-12-7-13(9-18)19-17-12)6-14(15)16-8-10-3-4-10/h7,10-11,14,16,18H,3-6,8-9H2,1-2H3. The molecule has 1 heterocycles. The summed E-state index contributed by atoms with van der Waals surface area (Å²) in [7, 11) is 0. The van der Waals surface area contributed by atoms with Crippen molar-refractivity contribution in [2.24, 2.45) is 17.3 Å². The van der Waals surface area contributed by atoms with Gasteiger partial charge in [-0.2, -0.15) is 0 Å². The van der Waals surface area contributed by atoms with Crippen molar-refractivity contribution >= 4 is 0 Å². The van der Waals surface area contributed by atoms with Gasteiger partial charge >= 0.3 is 0 Å². The van der Waals surface area contributed by atoms with Gasteiger partial charge in [0.25, 0.3) is 0 Å². The van der Waals surface area contributed by atoms with Gasteiger partial charge in [-0.25, -0.2) is 0 Å². The SMILES string of the molecule is CC1(C)C(Cc2cc(CO)on2)CC1NCC1CC1. The summed E-state index contributed by atoms with van der Waals surface area (Å²) in [5.74, 6) is 2.16. The van der Waals surface area contributed by atoms with Crippen molar-refractivity contribution in [2.45, 2.75) is 52.2 Å². The fraction of sp³-hybridized carbons (Fsp3) is 0.800. The van der Waals surface area contributed by atoms with Crippen molar-refractivity contribution in [3.63, 3.8) is 0 Å². The zero-order valence-electron chi connectivity index (χ0n) is 11.9. The molecule has 3 rings (SSSR count). The Hall–Kier alpha value is -0.870. The Labute approximate surface area is 114 Å². The van der Waals surface area contributed by atoms with Crippen LogP contribution in [0, 0.1) is 17.3 Å². The van der Waals surface area contributed by atoms with Gasteiger partial charge in [-0.1, -0.05) is 19.0 Å². The largest absolute Gasteiger partial charge is 0.388 e. The minimum Gasteiger partial charge on any atom is -0.388 e. The Kier molecular flexibility index (Phi) is 3.39. The van der Waals surface area contributed by atoms with Gasteiger partial charge in [0.05, 0.1) is 5.69 Å². The van der Waals surface area contributed by atoms with E-state index >= 15 is 0 Å². The fourth-order valence-electron chi connectivity index (χ4n) is 3.12. The van der Waals surface area contributed by atoms with Gasteiger partial charge in [0, 0.05) is 12.1 Å². The Bertz CT molecular complexity index is 437. The molecule has 4 heteroatoms. The zero-order valence-corrected chi connectivity index (χ0v) is 11.9. The number of hydrogen-bond donors (Lipinski definition) is 2. The van der Waals surface area contributed by atoms with E-state index in [0.29, 0.717) is 23.1 Å². The molecule has 2 N–H and O–H groups in total. The molecular weight excluding hydrogens is 240 g/mol. The van der Waals surface area contributed by atoms with Crippen molar-refractivity contribution < 1.29 is 9.63 Å². The third kappa shape index (κ3) is 2.70. The van der Waals surface area contributed by atoms with Gasteiger partial charge in [-0.15, -0.1) is 0 Å². The average molecular weight is 264 g/mol. The topological polar surface area (TPSA) is 58.3 Å². The number of nitrogens with one attached hydrogen (secondary N) is 1. The highest BCUT2D eigenvalue weighted by Crippen LogP contribution is 2.48. The molecule has 0 spiro atoms. The molecule has 0 aromatic carbocycles. The van der Waals surface area contributed by atoms with Crippen LogP contribution in [0.3, 0.4) is 0 Å². The fourth-order valence-corrected chi connectivity index (χ4v) is 3.12. The van der Waals surface area contributed by atoms with Crippen LogP contribution >= 0.6 is 0 Å². The van der Waals surface area contributed by atoms with Crippen LogP contribution in [-0.2, 0) is 13.0 Å². The van der Waals surface area contributed by atoms with Crippen LogP contribution in [0.1, 0.15) is 44.6 Å². The number of aliphatic hydroxyl groups is 1. The highest BCUT2D eigenvalue weighted by molar-refractivity contribution is 5.11. The maximum absolute atomic E-state index is 8.99. The van der Waals surface area contributed by atoms with Crippen molar-refractivity contribution in [1.82, 2.24) is 10.5 Å². The van der Waals surface area contributed by atoms with Crippen LogP contribution in [0.25, 0.3) is 0 Å². The predicted molar refractivity (Wildman–Crippen MR) is 72.5 cm³/mol. The first-order valence-corrected chi connectivity index (χ1v) is 7.38. The highest BCUT2D eigenvalue weighted by atomic mass is 16.5. The molecule has 1 aromatic heterocycles. The monoisotopic (exact) mass is 264 g/mol. The molecule has 19 heavy (non-hydrogen) atoms. The molecule has 2 unspecified atom stereocenters. The van der Waals surface area contributed by atoms with E-state index in [1.54, 1.807) is 0 Å². The van der Waals surface area contributed by atoms with Gasteiger partial charge < -0.3 is 14.9 Å². The third-order valence-corrected chi connectivity index (χ3v) is 5.04. The highest BCUT2D eigenvalue weighted by Gasteiger charge is 2.48. The lowest BCUT2D eigenvalue weighted by Gasteiger charge is -2.52. The van der Waals surface area contributed by atoms with E-state index in [2.05, 4.69) is 24.3 Å². The Balaban J connectivity index is 1.52. The molecule has 0 aliphatic heterocycles. The molecule has 2 aliphatic rings. The molecule has 2 saturated carbocycles. The van der Waals surface area contributed by atoms with Crippen LogP contribution in [0.2, 0.25) is 0 Å². The summed E-state index contributed by atoms with van der Waals surface area (Å²) < 4.78 is 5.05. The van der Waals surface area contributed by atoms with Crippen LogP contribution < -0.4 is 5.32 Å². The minimum atomic E-state index is -0.0629. The van der Waals surface area contributed by atoms with E-state index < -0.39 is 0 Å². The van der Waals surface area contributed by atoms with Gasteiger partial charge in [0.1, 0.15) is 6.61 Å². The van der Waals surface area contributed by atoms with Crippen LogP contribution in [0.15, 0.2) is 10.6 Å². The molecule has 0 amide bonds. The Morgan fingerprint density at radius 1 is 1.47 bits per heavy atom. The second-order valence-corrected chi connectivity index (χ2v) is 6.81. The number of hydrogen-bond acceptors (Lipinski definition) is 4. The molecule has 4 nitrogen and oxygen atoms in total. The number of aliphatic hydroxyl groups excluding tert-OH is 1. The summed E-state index contributed by atoms with van der Waals surface area (Å²) in [6.45, 7) is 5.82. The number of aromatic nitrogens is 1. The molecule has 0 bridgehead atoms. The van der Waals surface area contributed by atoms with Crippen molar-refractivity contribution in [3.8, 4) is 0 Å². The summed E-state index contributed by atoms with van der Waals surface area (Å²) in [5, 5.41) is 16.7. The first kappa shape index (κ1) is 13.1. The second kappa shape index (κ2) is 4.91. The molecular formula is C15H24N2O2. The van der Waals surface area contributed by atoms with Crippen molar-refractivity contribution in [3.05, 3.63) is 17.5 Å². The van der Waals surface area contributed by atoms with Crippen molar-refractivity contribution in [2.75, 3.05) is 6.54 Å².